The Morgan fingerprint density at radius 2 is 2.00 bits per heavy atom. The van der Waals surface area contributed by atoms with Crippen LogP contribution in [0.2, 0.25) is 0 Å². The van der Waals surface area contributed by atoms with Crippen molar-refractivity contribution in [3.05, 3.63) is 0 Å². The molecule has 0 radical (unpaired) electrons. The van der Waals surface area contributed by atoms with Crippen LogP contribution in [0.4, 0.5) is 0 Å². The smallest absolute Gasteiger partial charge is 0.210 e. The van der Waals surface area contributed by atoms with Crippen LogP contribution < -0.4 is 0 Å². The van der Waals surface area contributed by atoms with Crippen molar-refractivity contribution < 1.29 is 4.79 Å². The molecule has 0 heterocycles. The molecule has 3 heteroatoms. The standard InChI is InChI=1S/C3H9NOSi/c1-3(5)4(2)6/h1-2,6H3. The van der Waals surface area contributed by atoms with Crippen molar-refractivity contribution in [2.45, 2.75) is 6.92 Å². The molecule has 0 bridgehead atoms. The lowest BCUT2D eigenvalue weighted by Gasteiger charge is -2.03. The van der Waals surface area contributed by atoms with Gasteiger partial charge in [0.25, 0.3) is 0 Å². The summed E-state index contributed by atoms with van der Waals surface area (Å²) in [7, 11) is 2.62. The van der Waals surface area contributed by atoms with Gasteiger partial charge in [-0.3, -0.25) is 4.79 Å². The molecule has 0 spiro atoms. The van der Waals surface area contributed by atoms with Crippen molar-refractivity contribution in [1.29, 1.82) is 0 Å². The van der Waals surface area contributed by atoms with Crippen molar-refractivity contribution >= 4 is 16.3 Å². The molecular weight excluding hydrogens is 94.1 g/mol. The van der Waals surface area contributed by atoms with Gasteiger partial charge in [0.1, 0.15) is 10.4 Å². The Bertz CT molecular complexity index is 61.8. The van der Waals surface area contributed by atoms with E-state index >= 15 is 0 Å². The Labute approximate surface area is 40.6 Å². The average Bonchev–Trinajstić information content (AvgIpc) is 1.36. The predicted octanol–water partition coefficient (Wildman–Crippen LogP) is -1.25. The van der Waals surface area contributed by atoms with E-state index in [0.717, 1.165) is 10.4 Å². The molecule has 0 N–H and O–H groups in total. The average molecular weight is 103 g/mol. The lowest BCUT2D eigenvalue weighted by Crippen LogP contribution is -2.19. The third-order valence-corrected chi connectivity index (χ3v) is 1.26. The first-order valence-electron chi connectivity index (χ1n) is 1.82. The number of nitrogens with zero attached hydrogens (tertiary/aromatic N) is 1. The van der Waals surface area contributed by atoms with Gasteiger partial charge in [-0.15, -0.1) is 0 Å². The molecule has 0 rings (SSSR count). The molecule has 36 valence electrons. The van der Waals surface area contributed by atoms with Gasteiger partial charge < -0.3 is 4.57 Å². The van der Waals surface area contributed by atoms with Crippen LogP contribution in [0.5, 0.6) is 0 Å². The van der Waals surface area contributed by atoms with Gasteiger partial charge in [0.2, 0.25) is 5.91 Å². The van der Waals surface area contributed by atoms with Crippen molar-refractivity contribution in [3.8, 4) is 0 Å². The number of carbonyl (C=O) groups excluding carboxylic acids is 1. The first kappa shape index (κ1) is 5.69. The molecule has 0 aliphatic carbocycles. The van der Waals surface area contributed by atoms with E-state index in [1.54, 1.807) is 18.5 Å². The van der Waals surface area contributed by atoms with E-state index in [9.17, 15) is 4.79 Å². The number of amides is 1. The summed E-state index contributed by atoms with van der Waals surface area (Å²) in [6.45, 7) is 1.56. The molecular formula is C3H9NOSi. The quantitative estimate of drug-likeness (QED) is 0.351. The van der Waals surface area contributed by atoms with E-state index in [-0.39, 0.29) is 5.91 Å². The summed E-state index contributed by atoms with van der Waals surface area (Å²) in [4.78, 5) is 10.1. The van der Waals surface area contributed by atoms with Gasteiger partial charge in [-0.25, -0.2) is 0 Å². The molecule has 2 nitrogen and oxygen atoms in total. The molecule has 0 saturated heterocycles. The number of hydrogen-bond donors (Lipinski definition) is 0. The van der Waals surface area contributed by atoms with Crippen molar-refractivity contribution in [2.24, 2.45) is 0 Å². The topological polar surface area (TPSA) is 20.3 Å². The van der Waals surface area contributed by atoms with E-state index in [0.29, 0.717) is 0 Å². The van der Waals surface area contributed by atoms with Gasteiger partial charge in [0.05, 0.1) is 0 Å². The highest BCUT2D eigenvalue weighted by molar-refractivity contribution is 6.13. The summed E-state index contributed by atoms with van der Waals surface area (Å²) >= 11 is 0. The zero-order chi connectivity index (χ0) is 5.15. The second kappa shape index (κ2) is 1.97. The Kier molecular flexibility index (Phi) is 1.87. The largest absolute Gasteiger partial charge is 0.381 e. The number of hydrogen-bond acceptors (Lipinski definition) is 1. The Morgan fingerprint density at radius 3 is 2.00 bits per heavy atom. The van der Waals surface area contributed by atoms with Gasteiger partial charge in [-0.1, -0.05) is 0 Å². The molecule has 6 heavy (non-hydrogen) atoms. The first-order chi connectivity index (χ1) is 2.64. The summed E-state index contributed by atoms with van der Waals surface area (Å²) in [6, 6.07) is 0. The van der Waals surface area contributed by atoms with Gasteiger partial charge in [0, 0.05) is 6.92 Å². The molecule has 0 atom stereocenters. The minimum Gasteiger partial charge on any atom is -0.381 e. The summed E-state index contributed by atoms with van der Waals surface area (Å²) < 4.78 is 1.67. The Balaban J connectivity index is 3.26. The van der Waals surface area contributed by atoms with Crippen LogP contribution in [-0.4, -0.2) is 27.9 Å². The summed E-state index contributed by atoms with van der Waals surface area (Å²) in [5.74, 6) is 0.154. The maximum absolute atomic E-state index is 10.1. The van der Waals surface area contributed by atoms with E-state index in [2.05, 4.69) is 0 Å². The lowest BCUT2D eigenvalue weighted by molar-refractivity contribution is -0.123. The molecule has 0 aromatic heterocycles. The fourth-order valence-electron chi connectivity index (χ4n) is 0. The highest BCUT2D eigenvalue weighted by Gasteiger charge is 1.87. The van der Waals surface area contributed by atoms with E-state index in [4.69, 9.17) is 0 Å². The first-order valence-corrected chi connectivity index (χ1v) is 2.72. The molecule has 0 unspecified atom stereocenters. The van der Waals surface area contributed by atoms with Crippen LogP contribution >= 0.6 is 0 Å². The van der Waals surface area contributed by atoms with Crippen LogP contribution in [0.1, 0.15) is 6.92 Å². The minimum absolute atomic E-state index is 0.154. The predicted molar refractivity (Wildman–Crippen MR) is 28.4 cm³/mol. The summed E-state index contributed by atoms with van der Waals surface area (Å²) in [6.07, 6.45) is 0. The van der Waals surface area contributed by atoms with Crippen molar-refractivity contribution in [3.63, 3.8) is 0 Å². The summed E-state index contributed by atoms with van der Waals surface area (Å²) in [5.41, 5.74) is 0. The van der Waals surface area contributed by atoms with Crippen LogP contribution in [0, 0.1) is 0 Å². The lowest BCUT2D eigenvalue weighted by atomic mass is 10.7. The van der Waals surface area contributed by atoms with Crippen LogP contribution in [-0.2, 0) is 4.79 Å². The van der Waals surface area contributed by atoms with E-state index in [1.807, 2.05) is 0 Å². The van der Waals surface area contributed by atoms with Crippen molar-refractivity contribution in [1.82, 2.24) is 4.57 Å². The third-order valence-electron chi connectivity index (χ3n) is 0.630. The SMILES string of the molecule is CC(=O)N(C)[SiH3]. The molecule has 0 fully saturated rings. The van der Waals surface area contributed by atoms with Gasteiger partial charge in [0.15, 0.2) is 0 Å². The Hall–Kier alpha value is -0.313. The van der Waals surface area contributed by atoms with Crippen LogP contribution in [0.25, 0.3) is 0 Å². The van der Waals surface area contributed by atoms with Gasteiger partial charge in [-0.05, 0) is 7.05 Å². The normalized spacial score (nSPS) is 8.33. The minimum atomic E-state index is 0.154. The zero-order valence-electron chi connectivity index (χ0n) is 4.36. The molecule has 0 aliphatic heterocycles. The summed E-state index contributed by atoms with van der Waals surface area (Å²) in [5, 5.41) is 0. The second-order valence-electron chi connectivity index (χ2n) is 1.41. The second-order valence-corrected chi connectivity index (χ2v) is 2.76. The molecule has 0 aromatic carbocycles. The highest BCUT2D eigenvalue weighted by Crippen LogP contribution is 1.68. The third kappa shape index (κ3) is 1.96. The molecule has 0 aliphatic rings. The van der Waals surface area contributed by atoms with Gasteiger partial charge >= 0.3 is 0 Å². The van der Waals surface area contributed by atoms with Gasteiger partial charge in [-0.2, -0.15) is 0 Å². The van der Waals surface area contributed by atoms with E-state index < -0.39 is 0 Å². The molecule has 0 aromatic rings. The van der Waals surface area contributed by atoms with Crippen LogP contribution in [0.15, 0.2) is 0 Å². The highest BCUT2D eigenvalue weighted by atomic mass is 28.2. The van der Waals surface area contributed by atoms with Crippen LogP contribution in [0.3, 0.4) is 0 Å². The van der Waals surface area contributed by atoms with Crippen molar-refractivity contribution in [2.75, 3.05) is 7.05 Å². The number of carbonyl (C=O) groups is 1. The molecule has 0 saturated carbocycles. The fourth-order valence-corrected chi connectivity index (χ4v) is 0. The van der Waals surface area contributed by atoms with E-state index in [1.165, 1.54) is 0 Å². The maximum atomic E-state index is 10.1. The maximum Gasteiger partial charge on any atom is 0.210 e. The number of rotatable bonds is 0. The fraction of sp³-hybridized carbons (Fsp3) is 0.667. The monoisotopic (exact) mass is 103 g/mol. The zero-order valence-corrected chi connectivity index (χ0v) is 6.36. The molecule has 1 amide bonds. The Morgan fingerprint density at radius 1 is 1.83 bits per heavy atom.